The molecule has 2 aromatic carbocycles. The first-order chi connectivity index (χ1) is 11.9. The van der Waals surface area contributed by atoms with Crippen LogP contribution in [0.3, 0.4) is 0 Å². The Balaban J connectivity index is 1.89. The van der Waals surface area contributed by atoms with Gasteiger partial charge in [0.1, 0.15) is 0 Å². The average Bonchev–Trinajstić information content (AvgIpc) is 2.59. The number of methoxy groups -OCH3 is 1. The molecule has 0 radical (unpaired) electrons. The van der Waals surface area contributed by atoms with Gasteiger partial charge in [-0.25, -0.2) is 4.39 Å². The third-order valence-electron chi connectivity index (χ3n) is 3.74. The van der Waals surface area contributed by atoms with Crippen LogP contribution in [0.4, 0.5) is 4.39 Å². The fraction of sp³-hybridized carbons (Fsp3) is 0.263. The summed E-state index contributed by atoms with van der Waals surface area (Å²) in [4.78, 5) is 24.0. The molecule has 0 aliphatic rings. The van der Waals surface area contributed by atoms with Crippen LogP contribution in [-0.2, 0) is 4.79 Å². The second-order valence-electron chi connectivity index (χ2n) is 5.74. The highest BCUT2D eigenvalue weighted by molar-refractivity contribution is 5.96. The van der Waals surface area contributed by atoms with Crippen molar-refractivity contribution in [2.75, 3.05) is 13.7 Å². The molecule has 0 spiro atoms. The molecule has 2 amide bonds. The minimum Gasteiger partial charge on any atom is -0.494 e. The second kappa shape index (κ2) is 8.28. The van der Waals surface area contributed by atoms with Gasteiger partial charge in [-0.2, -0.15) is 0 Å². The summed E-state index contributed by atoms with van der Waals surface area (Å²) >= 11 is 0. The van der Waals surface area contributed by atoms with Crippen LogP contribution < -0.4 is 15.4 Å². The first-order valence-corrected chi connectivity index (χ1v) is 7.88. The van der Waals surface area contributed by atoms with Crippen molar-refractivity contribution in [1.82, 2.24) is 10.6 Å². The third-order valence-corrected chi connectivity index (χ3v) is 3.74. The monoisotopic (exact) mass is 344 g/mol. The minimum absolute atomic E-state index is 0.146. The smallest absolute Gasteiger partial charge is 0.251 e. The largest absolute Gasteiger partial charge is 0.494 e. The molecular formula is C19H21FN2O3. The lowest BCUT2D eigenvalue weighted by Crippen LogP contribution is -2.38. The van der Waals surface area contributed by atoms with E-state index < -0.39 is 11.9 Å². The van der Waals surface area contributed by atoms with E-state index in [1.54, 1.807) is 31.2 Å². The van der Waals surface area contributed by atoms with E-state index in [0.29, 0.717) is 11.1 Å². The second-order valence-corrected chi connectivity index (χ2v) is 5.74. The third kappa shape index (κ3) is 5.04. The van der Waals surface area contributed by atoms with Crippen molar-refractivity contribution in [1.29, 1.82) is 0 Å². The van der Waals surface area contributed by atoms with Gasteiger partial charge in [0, 0.05) is 5.56 Å². The van der Waals surface area contributed by atoms with E-state index in [1.165, 1.54) is 19.2 Å². The van der Waals surface area contributed by atoms with Gasteiger partial charge in [0.05, 0.1) is 19.7 Å². The van der Waals surface area contributed by atoms with Crippen LogP contribution in [0.1, 0.15) is 34.5 Å². The first kappa shape index (κ1) is 18.4. The molecule has 0 bridgehead atoms. The average molecular weight is 344 g/mol. The lowest BCUT2D eigenvalue weighted by Gasteiger charge is -2.15. The highest BCUT2D eigenvalue weighted by Crippen LogP contribution is 2.21. The molecule has 1 atom stereocenters. The molecule has 0 aliphatic heterocycles. The number of carbonyl (C=O) groups is 2. The number of rotatable bonds is 6. The molecule has 0 saturated heterocycles. The molecule has 0 aromatic heterocycles. The van der Waals surface area contributed by atoms with Gasteiger partial charge in [0.2, 0.25) is 5.91 Å². The van der Waals surface area contributed by atoms with E-state index in [0.717, 1.165) is 5.56 Å². The maximum atomic E-state index is 13.7. The van der Waals surface area contributed by atoms with Crippen LogP contribution in [-0.4, -0.2) is 25.5 Å². The fourth-order valence-corrected chi connectivity index (χ4v) is 2.38. The normalized spacial score (nSPS) is 11.5. The Morgan fingerprint density at radius 3 is 2.60 bits per heavy atom. The Kier molecular flexibility index (Phi) is 6.11. The molecule has 2 aromatic rings. The molecular weight excluding hydrogens is 323 g/mol. The Hall–Kier alpha value is -2.89. The van der Waals surface area contributed by atoms with E-state index in [-0.39, 0.29) is 24.1 Å². The van der Waals surface area contributed by atoms with Gasteiger partial charge in [-0.15, -0.1) is 0 Å². The summed E-state index contributed by atoms with van der Waals surface area (Å²) in [7, 11) is 1.39. The van der Waals surface area contributed by atoms with Gasteiger partial charge in [-0.3, -0.25) is 9.59 Å². The predicted octanol–water partition coefficient (Wildman–Crippen LogP) is 2.75. The molecule has 25 heavy (non-hydrogen) atoms. The Morgan fingerprint density at radius 2 is 1.96 bits per heavy atom. The molecule has 0 fully saturated rings. The van der Waals surface area contributed by atoms with Crippen LogP contribution in [0.25, 0.3) is 0 Å². The van der Waals surface area contributed by atoms with Gasteiger partial charge in [-0.05, 0) is 43.7 Å². The summed E-state index contributed by atoms with van der Waals surface area (Å²) in [6.45, 7) is 3.47. The number of nitrogens with one attached hydrogen (secondary N) is 2. The quantitative estimate of drug-likeness (QED) is 0.847. The number of amides is 2. The van der Waals surface area contributed by atoms with Gasteiger partial charge in [0.15, 0.2) is 11.6 Å². The molecule has 5 nitrogen and oxygen atoms in total. The summed E-state index contributed by atoms with van der Waals surface area (Å²) in [6, 6.07) is 11.2. The number of benzene rings is 2. The number of halogens is 1. The fourth-order valence-electron chi connectivity index (χ4n) is 2.38. The zero-order chi connectivity index (χ0) is 18.4. The van der Waals surface area contributed by atoms with Crippen molar-refractivity contribution < 1.29 is 18.7 Å². The van der Waals surface area contributed by atoms with Crippen molar-refractivity contribution >= 4 is 11.8 Å². The van der Waals surface area contributed by atoms with Gasteiger partial charge in [0.25, 0.3) is 5.91 Å². The van der Waals surface area contributed by atoms with Gasteiger partial charge >= 0.3 is 0 Å². The van der Waals surface area contributed by atoms with Crippen molar-refractivity contribution in [2.24, 2.45) is 0 Å². The number of ether oxygens (including phenoxy) is 1. The number of carbonyl (C=O) groups excluding carboxylic acids is 2. The van der Waals surface area contributed by atoms with Crippen LogP contribution in [0, 0.1) is 12.7 Å². The zero-order valence-corrected chi connectivity index (χ0v) is 14.4. The van der Waals surface area contributed by atoms with E-state index in [9.17, 15) is 14.0 Å². The topological polar surface area (TPSA) is 67.4 Å². The molecule has 0 aliphatic carbocycles. The van der Waals surface area contributed by atoms with Gasteiger partial charge in [-0.1, -0.05) is 23.8 Å². The first-order valence-electron chi connectivity index (χ1n) is 7.88. The lowest BCUT2D eigenvalue weighted by atomic mass is 10.1. The number of hydrogen-bond acceptors (Lipinski definition) is 3. The van der Waals surface area contributed by atoms with Crippen molar-refractivity contribution in [3.8, 4) is 5.75 Å². The van der Waals surface area contributed by atoms with E-state index in [1.807, 2.05) is 13.0 Å². The number of aryl methyl sites for hydroxylation is 1. The Labute approximate surface area is 146 Å². The Bertz CT molecular complexity index is 777. The van der Waals surface area contributed by atoms with Crippen LogP contribution >= 0.6 is 0 Å². The van der Waals surface area contributed by atoms with Crippen molar-refractivity contribution in [3.63, 3.8) is 0 Å². The summed E-state index contributed by atoms with van der Waals surface area (Å²) in [6.07, 6.45) is 0. The van der Waals surface area contributed by atoms with E-state index in [2.05, 4.69) is 10.6 Å². The summed E-state index contributed by atoms with van der Waals surface area (Å²) < 4.78 is 18.6. The van der Waals surface area contributed by atoms with Gasteiger partial charge < -0.3 is 15.4 Å². The van der Waals surface area contributed by atoms with E-state index in [4.69, 9.17) is 4.74 Å². The Morgan fingerprint density at radius 1 is 1.20 bits per heavy atom. The molecule has 0 saturated carbocycles. The summed E-state index contributed by atoms with van der Waals surface area (Å²) in [5.41, 5.74) is 2.07. The molecule has 132 valence electrons. The van der Waals surface area contributed by atoms with Crippen LogP contribution in [0.2, 0.25) is 0 Å². The van der Waals surface area contributed by atoms with Crippen molar-refractivity contribution in [3.05, 3.63) is 65.0 Å². The summed E-state index contributed by atoms with van der Waals surface area (Å²) in [5.74, 6) is -1.02. The minimum atomic E-state index is -0.492. The van der Waals surface area contributed by atoms with Crippen LogP contribution in [0.15, 0.2) is 42.5 Å². The standard InChI is InChI=1S/C19H21FN2O3/c1-12-5-4-6-15(9-12)19(24)21-11-18(23)22-13(2)14-7-8-17(25-3)16(20)10-14/h4-10,13H,11H2,1-3H3,(H,21,24)(H,22,23)/t13-/m1/s1. The highest BCUT2D eigenvalue weighted by atomic mass is 19.1. The maximum Gasteiger partial charge on any atom is 0.251 e. The zero-order valence-electron chi connectivity index (χ0n) is 14.4. The summed E-state index contributed by atoms with van der Waals surface area (Å²) in [5, 5.41) is 5.29. The molecule has 2 N–H and O–H groups in total. The van der Waals surface area contributed by atoms with E-state index >= 15 is 0 Å². The van der Waals surface area contributed by atoms with Crippen LogP contribution in [0.5, 0.6) is 5.75 Å². The SMILES string of the molecule is COc1ccc([C@@H](C)NC(=O)CNC(=O)c2cccc(C)c2)cc1F. The van der Waals surface area contributed by atoms with Crippen molar-refractivity contribution in [2.45, 2.75) is 19.9 Å². The predicted molar refractivity (Wildman–Crippen MR) is 93.0 cm³/mol. The molecule has 2 rings (SSSR count). The maximum absolute atomic E-state index is 13.7. The molecule has 6 heteroatoms. The molecule has 0 unspecified atom stereocenters. The highest BCUT2D eigenvalue weighted by Gasteiger charge is 2.13. The number of hydrogen-bond donors (Lipinski definition) is 2. The lowest BCUT2D eigenvalue weighted by molar-refractivity contribution is -0.120. The molecule has 0 heterocycles.